The van der Waals surface area contributed by atoms with Crippen LogP contribution in [0.25, 0.3) is 0 Å². The molecule has 0 aliphatic carbocycles. The number of benzene rings is 2. The molecule has 9 heteroatoms. The Morgan fingerprint density at radius 2 is 2.03 bits per heavy atom. The number of esters is 1. The molecule has 0 fully saturated rings. The van der Waals surface area contributed by atoms with E-state index in [0.717, 1.165) is 12.8 Å². The molecule has 0 saturated carbocycles. The molecule has 2 N–H and O–H groups in total. The van der Waals surface area contributed by atoms with Gasteiger partial charge in [0.2, 0.25) is 0 Å². The van der Waals surface area contributed by atoms with Crippen LogP contribution >= 0.6 is 0 Å². The van der Waals surface area contributed by atoms with Gasteiger partial charge in [-0.25, -0.2) is 13.2 Å². The molecule has 29 heavy (non-hydrogen) atoms. The topological polar surface area (TPSA) is 111 Å². The maximum atomic E-state index is 12.7. The lowest BCUT2D eigenvalue weighted by Crippen LogP contribution is -2.34. The molecular weight excluding hydrogens is 396 g/mol. The number of amides is 1. The zero-order valence-corrected chi connectivity index (χ0v) is 16.9. The van der Waals surface area contributed by atoms with E-state index in [0.29, 0.717) is 12.4 Å². The lowest BCUT2D eigenvalue weighted by Gasteiger charge is -2.23. The van der Waals surface area contributed by atoms with E-state index < -0.39 is 22.1 Å². The molecule has 8 nitrogen and oxygen atoms in total. The molecular formula is C20H22N2O6S. The first-order valence-electron chi connectivity index (χ1n) is 9.21. The maximum Gasteiger partial charge on any atom is 0.338 e. The van der Waals surface area contributed by atoms with E-state index in [1.54, 1.807) is 19.1 Å². The Hall–Kier alpha value is -3.07. The standard InChI is InChI=1S/C20H22N2O6S/c1-3-4-10-27-20(24)14-6-5-7-15(11-14)22-29(25,26)16-8-9-18-17(12-16)21-19(23)13(2)28-18/h5-9,11-13,22H,3-4,10H2,1-2H3,(H,21,23). The predicted molar refractivity (Wildman–Crippen MR) is 108 cm³/mol. The fourth-order valence-electron chi connectivity index (χ4n) is 2.67. The largest absolute Gasteiger partial charge is 0.479 e. The molecule has 1 heterocycles. The van der Waals surface area contributed by atoms with Crippen molar-refractivity contribution in [3.8, 4) is 5.75 Å². The number of hydrogen-bond acceptors (Lipinski definition) is 6. The summed E-state index contributed by atoms with van der Waals surface area (Å²) < 4.78 is 38.5. The lowest BCUT2D eigenvalue weighted by atomic mass is 10.2. The van der Waals surface area contributed by atoms with Gasteiger partial charge in [-0.3, -0.25) is 9.52 Å². The van der Waals surface area contributed by atoms with Gasteiger partial charge in [0.1, 0.15) is 5.75 Å². The molecule has 1 atom stereocenters. The van der Waals surface area contributed by atoms with Gasteiger partial charge in [0.25, 0.3) is 15.9 Å². The number of ether oxygens (including phenoxy) is 2. The summed E-state index contributed by atoms with van der Waals surface area (Å²) in [6, 6.07) is 10.3. The average molecular weight is 418 g/mol. The van der Waals surface area contributed by atoms with E-state index in [-0.39, 0.29) is 27.7 Å². The fourth-order valence-corrected chi connectivity index (χ4v) is 3.75. The molecule has 1 aliphatic rings. The fraction of sp³-hybridized carbons (Fsp3) is 0.300. The third-order valence-electron chi connectivity index (χ3n) is 4.27. The maximum absolute atomic E-state index is 12.7. The van der Waals surface area contributed by atoms with Crippen LogP contribution in [0.15, 0.2) is 47.4 Å². The Morgan fingerprint density at radius 3 is 2.79 bits per heavy atom. The third kappa shape index (κ3) is 4.86. The van der Waals surface area contributed by atoms with E-state index in [4.69, 9.17) is 9.47 Å². The van der Waals surface area contributed by atoms with Gasteiger partial charge in [0.15, 0.2) is 6.10 Å². The predicted octanol–water partition coefficient (Wildman–Crippen LogP) is 3.16. The SMILES string of the molecule is CCCCOC(=O)c1cccc(NS(=O)(=O)c2ccc3c(c2)NC(=O)C(C)O3)c1. The summed E-state index contributed by atoms with van der Waals surface area (Å²) >= 11 is 0. The van der Waals surface area contributed by atoms with E-state index in [1.807, 2.05) is 6.92 Å². The number of hydrogen-bond donors (Lipinski definition) is 2. The second kappa shape index (κ2) is 8.52. The molecule has 2 aromatic rings. The minimum Gasteiger partial charge on any atom is -0.479 e. The second-order valence-corrected chi connectivity index (χ2v) is 8.27. The summed E-state index contributed by atoms with van der Waals surface area (Å²) in [6.45, 7) is 3.90. The Balaban J connectivity index is 1.78. The number of unbranched alkanes of at least 4 members (excludes halogenated alkanes) is 1. The van der Waals surface area contributed by atoms with Gasteiger partial charge in [0.05, 0.1) is 22.8 Å². The highest BCUT2D eigenvalue weighted by Gasteiger charge is 2.25. The van der Waals surface area contributed by atoms with E-state index >= 15 is 0 Å². The smallest absolute Gasteiger partial charge is 0.338 e. The van der Waals surface area contributed by atoms with Crippen molar-refractivity contribution in [2.45, 2.75) is 37.7 Å². The van der Waals surface area contributed by atoms with Crippen molar-refractivity contribution in [3.63, 3.8) is 0 Å². The Kier molecular flexibility index (Phi) is 6.07. The average Bonchev–Trinajstić information content (AvgIpc) is 2.68. The molecule has 0 saturated heterocycles. The highest BCUT2D eigenvalue weighted by Crippen LogP contribution is 2.32. The van der Waals surface area contributed by atoms with Crippen LogP contribution in [0.5, 0.6) is 5.75 Å². The van der Waals surface area contributed by atoms with Gasteiger partial charge in [-0.05, 0) is 49.7 Å². The number of rotatable bonds is 7. The number of carbonyl (C=O) groups excluding carboxylic acids is 2. The second-order valence-electron chi connectivity index (χ2n) is 6.58. The zero-order chi connectivity index (χ0) is 21.0. The number of sulfonamides is 1. The zero-order valence-electron chi connectivity index (χ0n) is 16.1. The van der Waals surface area contributed by atoms with Crippen LogP contribution in [0.4, 0.5) is 11.4 Å². The van der Waals surface area contributed by atoms with Crippen LogP contribution in [0.2, 0.25) is 0 Å². The molecule has 154 valence electrons. The molecule has 3 rings (SSSR count). The molecule has 1 unspecified atom stereocenters. The number of carbonyl (C=O) groups is 2. The van der Waals surface area contributed by atoms with Crippen LogP contribution in [0, 0.1) is 0 Å². The summed E-state index contributed by atoms with van der Waals surface area (Å²) in [4.78, 5) is 23.8. The van der Waals surface area contributed by atoms with Crippen LogP contribution < -0.4 is 14.8 Å². The quantitative estimate of drug-likeness (QED) is 0.528. The Morgan fingerprint density at radius 1 is 1.24 bits per heavy atom. The first-order valence-corrected chi connectivity index (χ1v) is 10.7. The first-order chi connectivity index (χ1) is 13.8. The van der Waals surface area contributed by atoms with Gasteiger partial charge >= 0.3 is 5.97 Å². The third-order valence-corrected chi connectivity index (χ3v) is 5.65. The number of fused-ring (bicyclic) bond motifs is 1. The van der Waals surface area contributed by atoms with Crippen molar-refractivity contribution in [1.82, 2.24) is 0 Å². The summed E-state index contributed by atoms with van der Waals surface area (Å²) in [5, 5.41) is 2.62. The monoisotopic (exact) mass is 418 g/mol. The van der Waals surface area contributed by atoms with Crippen molar-refractivity contribution in [1.29, 1.82) is 0 Å². The summed E-state index contributed by atoms with van der Waals surface area (Å²) in [5.41, 5.74) is 0.757. The lowest BCUT2D eigenvalue weighted by molar-refractivity contribution is -0.122. The van der Waals surface area contributed by atoms with Crippen LogP contribution in [0.1, 0.15) is 37.0 Å². The van der Waals surface area contributed by atoms with E-state index in [2.05, 4.69) is 10.0 Å². The molecule has 1 aliphatic heterocycles. The van der Waals surface area contributed by atoms with Gasteiger partial charge in [-0.15, -0.1) is 0 Å². The minimum absolute atomic E-state index is 0.0503. The van der Waals surface area contributed by atoms with Crippen LogP contribution in [-0.2, 0) is 19.6 Å². The van der Waals surface area contributed by atoms with Crippen molar-refractivity contribution in [2.75, 3.05) is 16.6 Å². The Bertz CT molecular complexity index is 1040. The van der Waals surface area contributed by atoms with Crippen LogP contribution in [0.3, 0.4) is 0 Å². The van der Waals surface area contributed by atoms with Gasteiger partial charge in [0, 0.05) is 5.69 Å². The highest BCUT2D eigenvalue weighted by molar-refractivity contribution is 7.92. The van der Waals surface area contributed by atoms with Crippen molar-refractivity contribution in [2.24, 2.45) is 0 Å². The van der Waals surface area contributed by atoms with E-state index in [1.165, 1.54) is 30.3 Å². The van der Waals surface area contributed by atoms with Crippen molar-refractivity contribution < 1.29 is 27.5 Å². The number of nitrogens with one attached hydrogen (secondary N) is 2. The summed E-state index contributed by atoms with van der Waals surface area (Å²) in [7, 11) is -3.95. The van der Waals surface area contributed by atoms with Crippen molar-refractivity contribution in [3.05, 3.63) is 48.0 Å². The molecule has 0 spiro atoms. The molecule has 0 aromatic heterocycles. The Labute approximate surface area is 169 Å². The summed E-state index contributed by atoms with van der Waals surface area (Å²) in [5.74, 6) is -0.468. The molecule has 1 amide bonds. The molecule has 2 aromatic carbocycles. The van der Waals surface area contributed by atoms with Gasteiger partial charge < -0.3 is 14.8 Å². The van der Waals surface area contributed by atoms with Crippen molar-refractivity contribution >= 4 is 33.3 Å². The minimum atomic E-state index is -3.95. The normalized spacial score (nSPS) is 15.7. The number of anilines is 2. The van der Waals surface area contributed by atoms with E-state index in [9.17, 15) is 18.0 Å². The highest BCUT2D eigenvalue weighted by atomic mass is 32.2. The molecule has 0 radical (unpaired) electrons. The summed E-state index contributed by atoms with van der Waals surface area (Å²) in [6.07, 6.45) is 1.01. The first kappa shape index (κ1) is 20.7. The van der Waals surface area contributed by atoms with Crippen LogP contribution in [-0.4, -0.2) is 33.0 Å². The van der Waals surface area contributed by atoms with Gasteiger partial charge in [-0.1, -0.05) is 19.4 Å². The molecule has 0 bridgehead atoms. The van der Waals surface area contributed by atoms with Gasteiger partial charge in [-0.2, -0.15) is 0 Å².